The number of nitrogens with zero attached hydrogens (tertiary/aromatic N) is 4. The van der Waals surface area contributed by atoms with E-state index in [1.807, 2.05) is 0 Å². The van der Waals surface area contributed by atoms with Crippen molar-refractivity contribution < 1.29 is 0 Å². The molecule has 0 saturated carbocycles. The van der Waals surface area contributed by atoms with Gasteiger partial charge in [-0.15, -0.1) is 0 Å². The number of hydrogen-bond acceptors (Lipinski definition) is 4. The molecule has 28 heavy (non-hydrogen) atoms. The summed E-state index contributed by atoms with van der Waals surface area (Å²) in [5.74, 6) is 0.709. The molecule has 4 nitrogen and oxygen atoms in total. The van der Waals surface area contributed by atoms with E-state index >= 15 is 0 Å². The maximum atomic E-state index is 4.53. The van der Waals surface area contributed by atoms with Gasteiger partial charge in [-0.1, -0.05) is 91.0 Å². The van der Waals surface area contributed by atoms with Crippen molar-refractivity contribution in [2.24, 2.45) is 0 Å². The van der Waals surface area contributed by atoms with Crippen molar-refractivity contribution in [3.05, 3.63) is 104 Å². The Morgan fingerprint density at radius 1 is 0.643 bits per heavy atom. The maximum Gasteiger partial charge on any atom is 0.255 e. The highest BCUT2D eigenvalue weighted by molar-refractivity contribution is 7.13. The van der Waals surface area contributed by atoms with Gasteiger partial charge in [0, 0.05) is 6.54 Å². The molecule has 0 N–H and O–H groups in total. The van der Waals surface area contributed by atoms with E-state index in [1.54, 1.807) is 12.7 Å². The van der Waals surface area contributed by atoms with Crippen molar-refractivity contribution >= 4 is 29.7 Å². The normalized spacial score (nSPS) is 11.2. The fraction of sp³-hybridized carbons (Fsp3) is 0.0870. The Bertz CT molecular complexity index is 899. The second-order valence-electron chi connectivity index (χ2n) is 6.49. The molecule has 0 amide bonds. The van der Waals surface area contributed by atoms with Crippen molar-refractivity contribution in [2.75, 3.05) is 11.1 Å². The predicted molar refractivity (Wildman–Crippen MR) is 117 cm³/mol. The molecule has 3 aromatic carbocycles. The fourth-order valence-corrected chi connectivity index (χ4v) is 8.76. The standard InChI is InChI=1S/C23H22N4Si/c1-2-27(23-25-18-24-19-26-23)28(20-12-6-3-7-13-20,21-14-8-4-9-15-21)22-16-10-5-11-17-22/h3-19H,2H2,1H3. The van der Waals surface area contributed by atoms with E-state index in [1.165, 1.54) is 15.6 Å². The number of benzene rings is 3. The van der Waals surface area contributed by atoms with Crippen LogP contribution in [0.25, 0.3) is 0 Å². The van der Waals surface area contributed by atoms with Crippen molar-refractivity contribution in [1.82, 2.24) is 15.0 Å². The molecule has 138 valence electrons. The minimum absolute atomic E-state index is 0.709. The summed E-state index contributed by atoms with van der Waals surface area (Å²) >= 11 is 0. The molecular weight excluding hydrogens is 360 g/mol. The van der Waals surface area contributed by atoms with Gasteiger partial charge in [-0.3, -0.25) is 0 Å². The Morgan fingerprint density at radius 2 is 1.04 bits per heavy atom. The topological polar surface area (TPSA) is 41.9 Å². The summed E-state index contributed by atoms with van der Waals surface area (Å²) < 4.78 is 2.38. The van der Waals surface area contributed by atoms with E-state index in [2.05, 4.69) is 117 Å². The van der Waals surface area contributed by atoms with Crippen molar-refractivity contribution in [2.45, 2.75) is 6.92 Å². The molecule has 0 unspecified atom stereocenters. The van der Waals surface area contributed by atoms with Gasteiger partial charge < -0.3 is 4.57 Å². The Labute approximate surface area is 166 Å². The molecule has 4 rings (SSSR count). The summed E-state index contributed by atoms with van der Waals surface area (Å²) in [6.45, 7) is 2.95. The third-order valence-electron chi connectivity index (χ3n) is 5.02. The van der Waals surface area contributed by atoms with Gasteiger partial charge >= 0.3 is 0 Å². The van der Waals surface area contributed by atoms with Gasteiger partial charge in [-0.2, -0.15) is 0 Å². The van der Waals surface area contributed by atoms with Crippen LogP contribution < -0.4 is 20.1 Å². The van der Waals surface area contributed by atoms with Crippen LogP contribution >= 0.6 is 0 Å². The number of aromatic nitrogens is 3. The largest absolute Gasteiger partial charge is 0.355 e. The maximum absolute atomic E-state index is 4.53. The van der Waals surface area contributed by atoms with Gasteiger partial charge in [0.2, 0.25) is 5.95 Å². The molecule has 0 saturated heterocycles. The molecule has 0 spiro atoms. The van der Waals surface area contributed by atoms with Gasteiger partial charge in [0.05, 0.1) is 0 Å². The van der Waals surface area contributed by atoms with Crippen LogP contribution in [0.3, 0.4) is 0 Å². The minimum Gasteiger partial charge on any atom is -0.355 e. The summed E-state index contributed by atoms with van der Waals surface area (Å²) in [4.78, 5) is 13.1. The minimum atomic E-state index is -2.61. The van der Waals surface area contributed by atoms with Gasteiger partial charge in [0.1, 0.15) is 12.7 Å². The quantitative estimate of drug-likeness (QED) is 0.379. The molecule has 0 aliphatic rings. The monoisotopic (exact) mass is 382 g/mol. The molecule has 5 heteroatoms. The van der Waals surface area contributed by atoms with E-state index in [-0.39, 0.29) is 0 Å². The molecule has 0 aliphatic carbocycles. The van der Waals surface area contributed by atoms with E-state index in [0.29, 0.717) is 5.95 Å². The highest BCUT2D eigenvalue weighted by atomic mass is 28.3. The Balaban J connectivity index is 2.10. The molecule has 4 aromatic rings. The SMILES string of the molecule is CCN(c1ncncn1)[Si](c1ccccc1)(c1ccccc1)c1ccccc1. The van der Waals surface area contributed by atoms with Crippen molar-refractivity contribution in [3.8, 4) is 0 Å². The molecule has 0 radical (unpaired) electrons. The first kappa shape index (κ1) is 18.1. The second kappa shape index (κ2) is 8.15. The lowest BCUT2D eigenvalue weighted by Gasteiger charge is -2.42. The summed E-state index contributed by atoms with van der Waals surface area (Å²) in [5.41, 5.74) is 0. The zero-order valence-corrected chi connectivity index (χ0v) is 16.8. The Morgan fingerprint density at radius 3 is 1.39 bits per heavy atom. The van der Waals surface area contributed by atoms with Crippen LogP contribution in [0.5, 0.6) is 0 Å². The van der Waals surface area contributed by atoms with E-state index in [0.717, 1.165) is 6.54 Å². The van der Waals surface area contributed by atoms with Gasteiger partial charge in [0.25, 0.3) is 8.24 Å². The smallest absolute Gasteiger partial charge is 0.255 e. The van der Waals surface area contributed by atoms with E-state index in [4.69, 9.17) is 0 Å². The summed E-state index contributed by atoms with van der Waals surface area (Å²) in [6, 6.07) is 32.3. The van der Waals surface area contributed by atoms with Crippen LogP contribution in [0, 0.1) is 0 Å². The number of anilines is 1. The molecule has 0 atom stereocenters. The summed E-state index contributed by atoms with van der Waals surface area (Å²) in [6.07, 6.45) is 3.15. The predicted octanol–water partition coefficient (Wildman–Crippen LogP) is 2.37. The average molecular weight is 383 g/mol. The van der Waals surface area contributed by atoms with Crippen LogP contribution in [-0.4, -0.2) is 29.7 Å². The first-order valence-electron chi connectivity index (χ1n) is 9.43. The van der Waals surface area contributed by atoms with Crippen LogP contribution in [-0.2, 0) is 0 Å². The Kier molecular flexibility index (Phi) is 5.26. The van der Waals surface area contributed by atoms with Gasteiger partial charge in [0.15, 0.2) is 0 Å². The highest BCUT2D eigenvalue weighted by Gasteiger charge is 2.46. The first-order valence-corrected chi connectivity index (χ1v) is 11.4. The Hall–Kier alpha value is -3.31. The van der Waals surface area contributed by atoms with Crippen molar-refractivity contribution in [1.29, 1.82) is 0 Å². The van der Waals surface area contributed by atoms with E-state index in [9.17, 15) is 0 Å². The van der Waals surface area contributed by atoms with Crippen LogP contribution in [0.2, 0.25) is 0 Å². The van der Waals surface area contributed by atoms with Gasteiger partial charge in [-0.25, -0.2) is 15.0 Å². The molecule has 1 heterocycles. The lowest BCUT2D eigenvalue weighted by molar-refractivity contribution is 0.948. The van der Waals surface area contributed by atoms with Crippen molar-refractivity contribution in [3.63, 3.8) is 0 Å². The van der Waals surface area contributed by atoms with Crippen LogP contribution in [0.4, 0.5) is 5.95 Å². The molecule has 0 aliphatic heterocycles. The lowest BCUT2D eigenvalue weighted by atomic mass is 10.3. The first-order chi connectivity index (χ1) is 13.9. The number of hydrogen-bond donors (Lipinski definition) is 0. The highest BCUT2D eigenvalue weighted by Crippen LogP contribution is 2.18. The van der Waals surface area contributed by atoms with Crippen LogP contribution in [0.1, 0.15) is 6.92 Å². The fourth-order valence-electron chi connectivity index (χ4n) is 3.91. The summed E-state index contributed by atoms with van der Waals surface area (Å²) in [7, 11) is -2.61. The molecule has 0 bridgehead atoms. The third kappa shape index (κ3) is 3.10. The van der Waals surface area contributed by atoms with E-state index < -0.39 is 8.24 Å². The zero-order valence-electron chi connectivity index (χ0n) is 15.8. The zero-order chi connectivity index (χ0) is 19.2. The summed E-state index contributed by atoms with van der Waals surface area (Å²) in [5, 5.41) is 3.90. The average Bonchev–Trinajstić information content (AvgIpc) is 2.80. The molecule has 0 fully saturated rings. The molecular formula is C23H22N4Si. The third-order valence-corrected chi connectivity index (χ3v) is 9.85. The lowest BCUT2D eigenvalue weighted by Crippen LogP contribution is -2.78. The van der Waals surface area contributed by atoms with Crippen LogP contribution in [0.15, 0.2) is 104 Å². The van der Waals surface area contributed by atoms with Gasteiger partial charge in [-0.05, 0) is 22.5 Å². The number of rotatable bonds is 6. The molecule has 1 aromatic heterocycles. The second-order valence-corrected chi connectivity index (χ2v) is 10.2.